The topological polar surface area (TPSA) is 18.5 Å². The van der Waals surface area contributed by atoms with E-state index in [0.29, 0.717) is 5.92 Å². The SMILES string of the molecule is C=C1CCOCC1C(C)OC. The van der Waals surface area contributed by atoms with Crippen LogP contribution in [0.3, 0.4) is 0 Å². The maximum Gasteiger partial charge on any atom is 0.0630 e. The van der Waals surface area contributed by atoms with Crippen molar-refractivity contribution in [2.45, 2.75) is 19.4 Å². The highest BCUT2D eigenvalue weighted by atomic mass is 16.5. The lowest BCUT2D eigenvalue weighted by Crippen LogP contribution is -2.29. The van der Waals surface area contributed by atoms with Gasteiger partial charge >= 0.3 is 0 Å². The van der Waals surface area contributed by atoms with Gasteiger partial charge in [0.05, 0.1) is 19.3 Å². The molecule has 0 radical (unpaired) electrons. The molecule has 0 aliphatic carbocycles. The second-order valence-corrected chi connectivity index (χ2v) is 3.03. The van der Waals surface area contributed by atoms with Crippen LogP contribution in [0.4, 0.5) is 0 Å². The van der Waals surface area contributed by atoms with Gasteiger partial charge < -0.3 is 9.47 Å². The Kier molecular flexibility index (Phi) is 3.09. The Hall–Kier alpha value is -0.340. The molecule has 2 nitrogen and oxygen atoms in total. The average Bonchev–Trinajstić information content (AvgIpc) is 2.04. The molecule has 2 heteroatoms. The number of methoxy groups -OCH3 is 1. The van der Waals surface area contributed by atoms with E-state index in [1.165, 1.54) is 5.57 Å². The van der Waals surface area contributed by atoms with Crippen LogP contribution in [0.15, 0.2) is 12.2 Å². The summed E-state index contributed by atoms with van der Waals surface area (Å²) in [4.78, 5) is 0. The molecule has 2 unspecified atom stereocenters. The Morgan fingerprint density at radius 1 is 1.73 bits per heavy atom. The van der Waals surface area contributed by atoms with Crippen molar-refractivity contribution in [2.24, 2.45) is 5.92 Å². The van der Waals surface area contributed by atoms with Crippen LogP contribution >= 0.6 is 0 Å². The van der Waals surface area contributed by atoms with Gasteiger partial charge in [-0.1, -0.05) is 12.2 Å². The number of hydrogen-bond acceptors (Lipinski definition) is 2. The molecule has 1 aliphatic rings. The van der Waals surface area contributed by atoms with Crippen molar-refractivity contribution in [3.8, 4) is 0 Å². The van der Waals surface area contributed by atoms with Gasteiger partial charge in [-0.3, -0.25) is 0 Å². The van der Waals surface area contributed by atoms with Crippen LogP contribution in [0.1, 0.15) is 13.3 Å². The zero-order chi connectivity index (χ0) is 8.27. The molecule has 1 heterocycles. The third-order valence-corrected chi connectivity index (χ3v) is 2.33. The first-order chi connectivity index (χ1) is 5.25. The van der Waals surface area contributed by atoms with E-state index in [2.05, 4.69) is 13.5 Å². The molecule has 1 saturated heterocycles. The highest BCUT2D eigenvalue weighted by Crippen LogP contribution is 2.23. The molecule has 1 fully saturated rings. The smallest absolute Gasteiger partial charge is 0.0630 e. The summed E-state index contributed by atoms with van der Waals surface area (Å²) in [5.41, 5.74) is 1.27. The summed E-state index contributed by atoms with van der Waals surface area (Å²) in [6, 6.07) is 0. The van der Waals surface area contributed by atoms with Gasteiger partial charge in [-0.2, -0.15) is 0 Å². The van der Waals surface area contributed by atoms with Gasteiger partial charge in [0, 0.05) is 13.0 Å². The quantitative estimate of drug-likeness (QED) is 0.565. The van der Waals surface area contributed by atoms with E-state index >= 15 is 0 Å². The Morgan fingerprint density at radius 2 is 2.45 bits per heavy atom. The minimum absolute atomic E-state index is 0.239. The van der Waals surface area contributed by atoms with Crippen LogP contribution < -0.4 is 0 Å². The van der Waals surface area contributed by atoms with Gasteiger partial charge in [0.25, 0.3) is 0 Å². The number of hydrogen-bond donors (Lipinski definition) is 0. The third kappa shape index (κ3) is 2.04. The molecule has 1 aliphatic heterocycles. The van der Waals surface area contributed by atoms with E-state index in [4.69, 9.17) is 9.47 Å². The van der Waals surface area contributed by atoms with Crippen LogP contribution in [0, 0.1) is 5.92 Å². The summed E-state index contributed by atoms with van der Waals surface area (Å²) in [5.74, 6) is 0.397. The Balaban J connectivity index is 2.47. The molecule has 64 valence electrons. The fourth-order valence-corrected chi connectivity index (χ4v) is 1.35. The molecule has 0 aromatic heterocycles. The molecule has 0 aromatic rings. The first-order valence-corrected chi connectivity index (χ1v) is 4.04. The van der Waals surface area contributed by atoms with Crippen molar-refractivity contribution in [3.05, 3.63) is 12.2 Å². The highest BCUT2D eigenvalue weighted by Gasteiger charge is 2.23. The molecule has 2 atom stereocenters. The van der Waals surface area contributed by atoms with Crippen molar-refractivity contribution < 1.29 is 9.47 Å². The largest absolute Gasteiger partial charge is 0.381 e. The van der Waals surface area contributed by atoms with Crippen molar-refractivity contribution in [1.82, 2.24) is 0 Å². The standard InChI is InChI=1S/C9H16O2/c1-7-4-5-11-6-9(7)8(2)10-3/h8-9H,1,4-6H2,2-3H3. The molecule has 0 bridgehead atoms. The van der Waals surface area contributed by atoms with Crippen LogP contribution in [0.2, 0.25) is 0 Å². The molecule has 0 aromatic carbocycles. The van der Waals surface area contributed by atoms with E-state index < -0.39 is 0 Å². The van der Waals surface area contributed by atoms with Gasteiger partial charge in [-0.25, -0.2) is 0 Å². The molecular weight excluding hydrogens is 140 g/mol. The molecular formula is C9H16O2. The minimum atomic E-state index is 0.239. The molecule has 0 saturated carbocycles. The van der Waals surface area contributed by atoms with Gasteiger partial charge in [0.15, 0.2) is 0 Å². The second-order valence-electron chi connectivity index (χ2n) is 3.03. The molecule has 1 rings (SSSR count). The molecule has 11 heavy (non-hydrogen) atoms. The summed E-state index contributed by atoms with van der Waals surface area (Å²) in [6.07, 6.45) is 1.22. The molecule has 0 N–H and O–H groups in total. The van der Waals surface area contributed by atoms with E-state index in [9.17, 15) is 0 Å². The van der Waals surface area contributed by atoms with Crippen molar-refractivity contribution in [1.29, 1.82) is 0 Å². The maximum absolute atomic E-state index is 5.33. The zero-order valence-electron chi connectivity index (χ0n) is 7.30. The van der Waals surface area contributed by atoms with Crippen LogP contribution in [0.25, 0.3) is 0 Å². The predicted octanol–water partition coefficient (Wildman–Crippen LogP) is 1.61. The lowest BCUT2D eigenvalue weighted by atomic mass is 9.92. The maximum atomic E-state index is 5.33. The number of ether oxygens (including phenoxy) is 2. The van der Waals surface area contributed by atoms with Crippen molar-refractivity contribution in [2.75, 3.05) is 20.3 Å². The average molecular weight is 156 g/mol. The Labute approximate surface area is 68.2 Å². The highest BCUT2D eigenvalue weighted by molar-refractivity contribution is 5.05. The van der Waals surface area contributed by atoms with E-state index in [-0.39, 0.29) is 6.10 Å². The minimum Gasteiger partial charge on any atom is -0.381 e. The fraction of sp³-hybridized carbons (Fsp3) is 0.778. The molecule has 0 spiro atoms. The Morgan fingerprint density at radius 3 is 3.00 bits per heavy atom. The third-order valence-electron chi connectivity index (χ3n) is 2.33. The molecule has 0 amide bonds. The van der Waals surface area contributed by atoms with Gasteiger partial charge in [0.1, 0.15) is 0 Å². The number of rotatable bonds is 2. The summed E-state index contributed by atoms with van der Waals surface area (Å²) in [5, 5.41) is 0. The van der Waals surface area contributed by atoms with E-state index in [1.807, 2.05) is 0 Å². The normalized spacial score (nSPS) is 28.5. The fourth-order valence-electron chi connectivity index (χ4n) is 1.35. The van der Waals surface area contributed by atoms with Crippen molar-refractivity contribution >= 4 is 0 Å². The summed E-state index contributed by atoms with van der Waals surface area (Å²) in [7, 11) is 1.73. The van der Waals surface area contributed by atoms with Crippen molar-refractivity contribution in [3.63, 3.8) is 0 Å². The second kappa shape index (κ2) is 3.88. The van der Waals surface area contributed by atoms with E-state index in [1.54, 1.807) is 7.11 Å². The van der Waals surface area contributed by atoms with Gasteiger partial charge in [-0.15, -0.1) is 0 Å². The van der Waals surface area contributed by atoms with Gasteiger partial charge in [-0.05, 0) is 13.3 Å². The van der Waals surface area contributed by atoms with Gasteiger partial charge in [0.2, 0.25) is 0 Å². The van der Waals surface area contributed by atoms with Crippen LogP contribution in [-0.4, -0.2) is 26.4 Å². The lowest BCUT2D eigenvalue weighted by molar-refractivity contribution is 0.00658. The summed E-state index contributed by atoms with van der Waals surface area (Å²) >= 11 is 0. The van der Waals surface area contributed by atoms with Crippen LogP contribution in [-0.2, 0) is 9.47 Å². The van der Waals surface area contributed by atoms with E-state index in [0.717, 1.165) is 19.6 Å². The summed E-state index contributed by atoms with van der Waals surface area (Å²) in [6.45, 7) is 7.66. The Bertz CT molecular complexity index is 142. The first kappa shape index (κ1) is 8.75. The van der Waals surface area contributed by atoms with Crippen LogP contribution in [0.5, 0.6) is 0 Å². The first-order valence-electron chi connectivity index (χ1n) is 4.04. The lowest BCUT2D eigenvalue weighted by Gasteiger charge is -2.28. The predicted molar refractivity (Wildman–Crippen MR) is 44.5 cm³/mol. The zero-order valence-corrected chi connectivity index (χ0v) is 7.30. The summed E-state index contributed by atoms with van der Waals surface area (Å²) < 4.78 is 10.6. The monoisotopic (exact) mass is 156 g/mol.